The Labute approximate surface area is 164 Å². The van der Waals surface area contributed by atoms with Crippen molar-refractivity contribution in [3.05, 3.63) is 46.6 Å². The highest BCUT2D eigenvalue weighted by molar-refractivity contribution is 5.87. The lowest BCUT2D eigenvalue weighted by atomic mass is 10.1. The lowest BCUT2D eigenvalue weighted by Crippen LogP contribution is -2.27. The summed E-state index contributed by atoms with van der Waals surface area (Å²) < 4.78 is 10.7. The maximum absolute atomic E-state index is 11.9. The van der Waals surface area contributed by atoms with Crippen LogP contribution in [-0.4, -0.2) is 28.2 Å². The van der Waals surface area contributed by atoms with E-state index in [0.29, 0.717) is 23.6 Å². The number of nitrogens with one attached hydrogen (secondary N) is 1. The Hall–Kier alpha value is -3.16. The molecule has 0 aliphatic carbocycles. The number of aromatic nitrogens is 1. The first-order valence-corrected chi connectivity index (χ1v) is 9.07. The van der Waals surface area contributed by atoms with Crippen LogP contribution in [0.15, 0.2) is 36.5 Å². The van der Waals surface area contributed by atoms with Gasteiger partial charge in [-0.2, -0.15) is 0 Å². The number of unbranched alkanes of at least 4 members (excludes halogenated alkanes) is 1. The van der Waals surface area contributed by atoms with E-state index in [1.165, 1.54) is 12.3 Å². The van der Waals surface area contributed by atoms with Crippen molar-refractivity contribution in [2.75, 3.05) is 11.9 Å². The predicted octanol–water partition coefficient (Wildman–Crippen LogP) is 5.18. The third-order valence-corrected chi connectivity index (χ3v) is 3.63. The first kappa shape index (κ1) is 21.1. The number of rotatable bonds is 7. The molecule has 1 aromatic carbocycles. The topological polar surface area (TPSA) is 104 Å². The second kappa shape index (κ2) is 9.16. The summed E-state index contributed by atoms with van der Waals surface area (Å²) in [6.07, 6.45) is 2.81. The number of hydrogen-bond donors (Lipinski definition) is 1. The molecule has 1 amide bonds. The minimum atomic E-state index is -0.676. The Morgan fingerprint density at radius 3 is 2.57 bits per heavy atom. The van der Waals surface area contributed by atoms with Gasteiger partial charge >= 0.3 is 6.09 Å². The number of nitro benzene ring substituents is 1. The number of nitrogens with zero attached hydrogens (tertiary/aromatic N) is 2. The van der Waals surface area contributed by atoms with Crippen LogP contribution in [0.2, 0.25) is 0 Å². The molecule has 1 aromatic heterocycles. The zero-order valence-electron chi connectivity index (χ0n) is 16.5. The molecule has 1 heterocycles. The Morgan fingerprint density at radius 2 is 2.00 bits per heavy atom. The van der Waals surface area contributed by atoms with E-state index in [2.05, 4.69) is 17.2 Å². The van der Waals surface area contributed by atoms with Crippen LogP contribution in [-0.2, 0) is 4.74 Å². The van der Waals surface area contributed by atoms with Gasteiger partial charge in [-0.15, -0.1) is 0 Å². The molecular formula is C20H25N3O5. The van der Waals surface area contributed by atoms with Crippen LogP contribution in [0.25, 0.3) is 11.1 Å². The molecule has 0 radical (unpaired) electrons. The molecule has 0 aliphatic heterocycles. The molecule has 0 bridgehead atoms. The van der Waals surface area contributed by atoms with Crippen LogP contribution in [0.4, 0.5) is 16.2 Å². The van der Waals surface area contributed by atoms with Gasteiger partial charge in [0.2, 0.25) is 5.88 Å². The number of nitro groups is 1. The fraction of sp³-hybridized carbons (Fsp3) is 0.400. The molecule has 28 heavy (non-hydrogen) atoms. The van der Waals surface area contributed by atoms with E-state index in [1.54, 1.807) is 45.0 Å². The second-order valence-corrected chi connectivity index (χ2v) is 7.20. The molecule has 8 heteroatoms. The van der Waals surface area contributed by atoms with Gasteiger partial charge in [0.25, 0.3) is 5.69 Å². The smallest absolute Gasteiger partial charge is 0.412 e. The van der Waals surface area contributed by atoms with Crippen LogP contribution in [0, 0.1) is 10.1 Å². The highest BCUT2D eigenvalue weighted by atomic mass is 16.6. The van der Waals surface area contributed by atoms with Crippen molar-refractivity contribution in [1.29, 1.82) is 0 Å². The van der Waals surface area contributed by atoms with Gasteiger partial charge < -0.3 is 9.47 Å². The summed E-state index contributed by atoms with van der Waals surface area (Å²) in [5.41, 5.74) is 0.445. The highest BCUT2D eigenvalue weighted by Crippen LogP contribution is 2.32. The molecule has 0 spiro atoms. The Kier molecular flexibility index (Phi) is 6.92. The minimum Gasteiger partial charge on any atom is -0.478 e. The lowest BCUT2D eigenvalue weighted by molar-refractivity contribution is -0.384. The van der Waals surface area contributed by atoms with Gasteiger partial charge in [-0.05, 0) is 45.4 Å². The first-order valence-electron chi connectivity index (χ1n) is 9.07. The number of carbonyl (C=O) groups excluding carboxylic acids is 1. The first-order chi connectivity index (χ1) is 13.2. The molecular weight excluding hydrogens is 362 g/mol. The minimum absolute atomic E-state index is 0.144. The van der Waals surface area contributed by atoms with E-state index in [1.807, 2.05) is 0 Å². The summed E-state index contributed by atoms with van der Waals surface area (Å²) in [6.45, 7) is 7.86. The number of benzene rings is 1. The van der Waals surface area contributed by atoms with Crippen LogP contribution in [0.1, 0.15) is 40.5 Å². The Morgan fingerprint density at radius 1 is 1.25 bits per heavy atom. The molecule has 0 saturated carbocycles. The monoisotopic (exact) mass is 387 g/mol. The molecule has 0 unspecified atom stereocenters. The largest absolute Gasteiger partial charge is 0.478 e. The second-order valence-electron chi connectivity index (χ2n) is 7.20. The van der Waals surface area contributed by atoms with Gasteiger partial charge in [0.15, 0.2) is 0 Å². The van der Waals surface area contributed by atoms with Crippen LogP contribution >= 0.6 is 0 Å². The molecule has 150 valence electrons. The SMILES string of the molecule is CCCCOc1ccc(-c2ccc(NC(=O)OC(C)(C)C)cc2[N+](=O)[O-])cn1. The molecule has 0 atom stereocenters. The number of anilines is 1. The summed E-state index contributed by atoms with van der Waals surface area (Å²) >= 11 is 0. The molecule has 2 rings (SSSR count). The summed E-state index contributed by atoms with van der Waals surface area (Å²) in [5.74, 6) is 0.475. The van der Waals surface area contributed by atoms with Gasteiger partial charge in [0.1, 0.15) is 5.60 Å². The van der Waals surface area contributed by atoms with Crippen molar-refractivity contribution in [2.45, 2.75) is 46.1 Å². The predicted molar refractivity (Wildman–Crippen MR) is 107 cm³/mol. The van der Waals surface area contributed by atoms with Crippen LogP contribution in [0.3, 0.4) is 0 Å². The molecule has 8 nitrogen and oxygen atoms in total. The van der Waals surface area contributed by atoms with Gasteiger partial charge in [0.05, 0.1) is 22.8 Å². The van der Waals surface area contributed by atoms with Gasteiger partial charge in [-0.1, -0.05) is 13.3 Å². The number of hydrogen-bond acceptors (Lipinski definition) is 6. The van der Waals surface area contributed by atoms with E-state index in [9.17, 15) is 14.9 Å². The molecule has 0 fully saturated rings. The van der Waals surface area contributed by atoms with Crippen LogP contribution < -0.4 is 10.1 Å². The zero-order chi connectivity index (χ0) is 20.7. The number of amides is 1. The van der Waals surface area contributed by atoms with E-state index < -0.39 is 16.6 Å². The number of pyridine rings is 1. The van der Waals surface area contributed by atoms with Crippen LogP contribution in [0.5, 0.6) is 5.88 Å². The fourth-order valence-electron chi connectivity index (χ4n) is 2.37. The van der Waals surface area contributed by atoms with Gasteiger partial charge in [-0.25, -0.2) is 9.78 Å². The average molecular weight is 387 g/mol. The number of carbonyl (C=O) groups is 1. The lowest BCUT2D eigenvalue weighted by Gasteiger charge is -2.19. The Balaban J connectivity index is 2.21. The summed E-state index contributed by atoms with van der Waals surface area (Å²) in [5, 5.41) is 14.0. The molecule has 0 aliphatic rings. The quantitative estimate of drug-likeness (QED) is 0.399. The van der Waals surface area contributed by atoms with E-state index in [0.717, 1.165) is 12.8 Å². The van der Waals surface area contributed by atoms with Crippen molar-refractivity contribution in [2.24, 2.45) is 0 Å². The standard InChI is InChI=1S/C20H25N3O5/c1-5-6-11-27-18-10-7-14(13-21-18)16-9-8-15(12-17(16)23(25)26)22-19(24)28-20(2,3)4/h7-10,12-13H,5-6,11H2,1-4H3,(H,22,24). The van der Waals surface area contributed by atoms with Gasteiger partial charge in [0, 0.05) is 23.9 Å². The average Bonchev–Trinajstić information content (AvgIpc) is 2.61. The Bertz CT molecular complexity index is 829. The third-order valence-electron chi connectivity index (χ3n) is 3.63. The van der Waals surface area contributed by atoms with Crippen molar-refractivity contribution in [3.63, 3.8) is 0 Å². The number of ether oxygens (including phenoxy) is 2. The fourth-order valence-corrected chi connectivity index (χ4v) is 2.37. The normalized spacial score (nSPS) is 11.0. The summed E-state index contributed by atoms with van der Waals surface area (Å²) in [6, 6.07) is 7.85. The maximum atomic E-state index is 11.9. The summed E-state index contributed by atoms with van der Waals surface area (Å²) in [4.78, 5) is 27.1. The third kappa shape index (κ3) is 6.22. The van der Waals surface area contributed by atoms with E-state index >= 15 is 0 Å². The van der Waals surface area contributed by atoms with Gasteiger partial charge in [-0.3, -0.25) is 15.4 Å². The maximum Gasteiger partial charge on any atom is 0.412 e. The van der Waals surface area contributed by atoms with E-state index in [4.69, 9.17) is 9.47 Å². The summed E-state index contributed by atoms with van der Waals surface area (Å²) in [7, 11) is 0. The molecule has 0 saturated heterocycles. The van der Waals surface area contributed by atoms with Crippen molar-refractivity contribution < 1.29 is 19.2 Å². The van der Waals surface area contributed by atoms with E-state index in [-0.39, 0.29) is 11.4 Å². The molecule has 1 N–H and O–H groups in total. The highest BCUT2D eigenvalue weighted by Gasteiger charge is 2.20. The van der Waals surface area contributed by atoms with Crippen molar-refractivity contribution in [1.82, 2.24) is 4.98 Å². The molecule has 2 aromatic rings. The zero-order valence-corrected chi connectivity index (χ0v) is 16.5. The van der Waals surface area contributed by atoms with Crippen molar-refractivity contribution in [3.8, 4) is 17.0 Å². The van der Waals surface area contributed by atoms with Crippen molar-refractivity contribution >= 4 is 17.5 Å².